The van der Waals surface area contributed by atoms with Crippen LogP contribution in [-0.2, 0) is 26.2 Å². The van der Waals surface area contributed by atoms with E-state index in [0.29, 0.717) is 81.4 Å². The second-order valence-electron chi connectivity index (χ2n) is 19.6. The molecule has 33 heteroatoms. The Hall–Kier alpha value is -9.07. The molecule has 0 aliphatic rings. The van der Waals surface area contributed by atoms with Crippen molar-refractivity contribution in [3.63, 3.8) is 0 Å². The topological polar surface area (TPSA) is 453 Å². The van der Waals surface area contributed by atoms with E-state index >= 15 is 0 Å². The van der Waals surface area contributed by atoms with Crippen molar-refractivity contribution in [2.45, 2.75) is 26.2 Å². The van der Waals surface area contributed by atoms with E-state index in [2.05, 4.69) is 85.0 Å². The Labute approximate surface area is 619 Å². The highest BCUT2D eigenvalue weighted by Gasteiger charge is 2.17. The van der Waals surface area contributed by atoms with Crippen molar-refractivity contribution in [1.82, 2.24) is 21.3 Å². The predicted molar refractivity (Wildman–Crippen MR) is 402 cm³/mol. The van der Waals surface area contributed by atoms with Gasteiger partial charge in [0.25, 0.3) is 0 Å². The number of aromatic hydroxyl groups is 20. The van der Waals surface area contributed by atoms with Gasteiger partial charge in [0, 0.05) is 30.7 Å². The number of phenolic OH excluding ortho intramolecular Hbond substituents is 20. The molecule has 510 valence electrons. The molecule has 8 aromatic carbocycles. The number of nitrogens with one attached hydrogen (secondary N) is 4. The summed E-state index contributed by atoms with van der Waals surface area (Å²) in [6, 6.07) is 20.9. The summed E-state index contributed by atoms with van der Waals surface area (Å²) in [6.45, 7) is 0.886. The Kier molecular flexibility index (Phi) is 29.4. The van der Waals surface area contributed by atoms with Crippen LogP contribution in [0.5, 0.6) is 115 Å². The van der Waals surface area contributed by atoms with Gasteiger partial charge in [0.2, 0.25) is 5.75 Å². The van der Waals surface area contributed by atoms with E-state index in [1.807, 2.05) is 22.6 Å². The molecule has 0 radical (unpaired) electrons. The van der Waals surface area contributed by atoms with E-state index in [-0.39, 0.29) is 76.6 Å². The fourth-order valence-electron chi connectivity index (χ4n) is 7.54. The van der Waals surface area contributed by atoms with Crippen LogP contribution in [0.25, 0.3) is 24.3 Å². The van der Waals surface area contributed by atoms with Crippen molar-refractivity contribution >= 4 is 179 Å². The minimum absolute atomic E-state index is 0.188. The van der Waals surface area contributed by atoms with Crippen LogP contribution in [0.15, 0.2) is 133 Å². The van der Waals surface area contributed by atoms with E-state index in [1.165, 1.54) is 72.8 Å². The van der Waals surface area contributed by atoms with Gasteiger partial charge in [0.05, 0.1) is 36.9 Å². The van der Waals surface area contributed by atoms with Crippen LogP contribution in [0.1, 0.15) is 44.5 Å². The molecule has 0 atom stereocenters. The molecule has 0 saturated carbocycles. The fraction of sp³-hybridized carbons (Fsp3) is 0.0625. The highest BCUT2D eigenvalue weighted by Crippen LogP contribution is 2.44. The fourth-order valence-corrected chi connectivity index (χ4v) is 10.6. The summed E-state index contributed by atoms with van der Waals surface area (Å²) in [6.07, 6.45) is 13.0. The molecule has 97 heavy (non-hydrogen) atoms. The Balaban J connectivity index is 0.000000234. The van der Waals surface area contributed by atoms with Gasteiger partial charge in [0.1, 0.15) is 0 Å². The number of halogens is 5. The zero-order chi connectivity index (χ0) is 72.3. The molecule has 0 unspecified atom stereocenters. The third kappa shape index (κ3) is 23.1. The van der Waals surface area contributed by atoms with Gasteiger partial charge >= 0.3 is 0 Å². The number of thiocarbonyl (C=S) groups is 4. The molecule has 0 amide bonds. The molecule has 0 fully saturated rings. The molecule has 0 bridgehead atoms. The van der Waals surface area contributed by atoms with Crippen molar-refractivity contribution in [3.05, 3.63) is 181 Å². The van der Waals surface area contributed by atoms with Gasteiger partial charge in [-0.2, -0.15) is 0 Å². The minimum Gasteiger partial charge on any atom is -0.504 e. The summed E-state index contributed by atoms with van der Waals surface area (Å²) in [4.78, 5) is 1.51. The average Bonchev–Trinajstić information content (AvgIpc) is 0.858. The van der Waals surface area contributed by atoms with E-state index < -0.39 is 69.0 Å². The van der Waals surface area contributed by atoms with Crippen molar-refractivity contribution in [2.75, 3.05) is 0 Å². The number of benzene rings is 8. The maximum Gasteiger partial charge on any atom is 0.201 e. The lowest BCUT2D eigenvalue weighted by Crippen LogP contribution is -2.18. The average molecular weight is 1770 g/mol. The van der Waals surface area contributed by atoms with E-state index in [4.69, 9.17) is 48.9 Å². The molecule has 0 heterocycles. The zero-order valence-electron chi connectivity index (χ0n) is 49.1. The van der Waals surface area contributed by atoms with Crippen LogP contribution in [0.3, 0.4) is 0 Å². The lowest BCUT2D eigenvalue weighted by Gasteiger charge is -2.11. The summed E-state index contributed by atoms with van der Waals surface area (Å²) in [5.41, 5.74) is 4.64. The summed E-state index contributed by atoms with van der Waals surface area (Å²) in [7, 11) is 0. The van der Waals surface area contributed by atoms with Gasteiger partial charge in [0.15, 0.2) is 109 Å². The first-order chi connectivity index (χ1) is 45.6. The Morgan fingerprint density at radius 1 is 0.309 bits per heavy atom. The Morgan fingerprint density at radius 2 is 0.670 bits per heavy atom. The maximum atomic E-state index is 9.68. The molecule has 0 aliphatic heterocycles. The van der Waals surface area contributed by atoms with Crippen LogP contribution in [0, 0.1) is 3.57 Å². The van der Waals surface area contributed by atoms with E-state index in [0.717, 1.165) is 0 Å². The van der Waals surface area contributed by atoms with Gasteiger partial charge < -0.3 is 123 Å². The molecule has 24 nitrogen and oxygen atoms in total. The van der Waals surface area contributed by atoms with Crippen molar-refractivity contribution in [1.29, 1.82) is 0 Å². The second-order valence-corrected chi connectivity index (χ2v) is 25.8. The molecular weight excluding hydrogens is 1720 g/mol. The van der Waals surface area contributed by atoms with Gasteiger partial charge in [-0.05, 0) is 230 Å². The molecule has 0 aromatic heterocycles. The smallest absolute Gasteiger partial charge is 0.201 e. The van der Waals surface area contributed by atoms with Gasteiger partial charge in [-0.1, -0.05) is 89.1 Å². The summed E-state index contributed by atoms with van der Waals surface area (Å²) in [5.74, 6) is -7.55. The lowest BCUT2D eigenvalue weighted by atomic mass is 10.1. The minimum atomic E-state index is -0.601. The first-order valence-corrected chi connectivity index (χ1v) is 32.8. The van der Waals surface area contributed by atoms with E-state index in [9.17, 15) is 102 Å². The molecular formula is C64H55Br4IN4O20S4. The van der Waals surface area contributed by atoms with Gasteiger partial charge in [-0.25, -0.2) is 0 Å². The second kappa shape index (κ2) is 36.3. The molecule has 8 rings (SSSR count). The number of rotatable bonds is 16. The molecule has 0 spiro atoms. The highest BCUT2D eigenvalue weighted by molar-refractivity contribution is 14.1. The molecule has 0 saturated heterocycles. The van der Waals surface area contributed by atoms with Crippen LogP contribution in [-0.4, -0.2) is 122 Å². The Morgan fingerprint density at radius 3 is 1.11 bits per heavy atom. The van der Waals surface area contributed by atoms with E-state index in [1.54, 1.807) is 66.8 Å². The predicted octanol–water partition coefficient (Wildman–Crippen LogP) is 13.0. The number of phenols is 20. The molecule has 0 aliphatic carbocycles. The summed E-state index contributed by atoms with van der Waals surface area (Å²) < 4.78 is 2.03. The van der Waals surface area contributed by atoms with Crippen molar-refractivity contribution in [3.8, 4) is 115 Å². The van der Waals surface area contributed by atoms with Crippen LogP contribution < -0.4 is 21.3 Å². The molecule has 24 N–H and O–H groups in total. The van der Waals surface area contributed by atoms with Gasteiger partial charge in [-0.15, -0.1) is 0 Å². The van der Waals surface area contributed by atoms with Crippen molar-refractivity contribution < 1.29 is 102 Å². The van der Waals surface area contributed by atoms with Crippen LogP contribution in [0.4, 0.5) is 0 Å². The third-order valence-electron chi connectivity index (χ3n) is 12.6. The third-order valence-corrected chi connectivity index (χ3v) is 17.9. The summed E-state index contributed by atoms with van der Waals surface area (Å²) >= 11 is 35.2. The monoisotopic (exact) mass is 1770 g/mol. The van der Waals surface area contributed by atoms with Crippen molar-refractivity contribution in [2.24, 2.45) is 0 Å². The van der Waals surface area contributed by atoms with Crippen LogP contribution >= 0.6 is 135 Å². The zero-order valence-corrected chi connectivity index (χ0v) is 60.8. The van der Waals surface area contributed by atoms with Gasteiger partial charge in [-0.3, -0.25) is 0 Å². The highest BCUT2D eigenvalue weighted by atomic mass is 127. The number of hydrogen-bond acceptors (Lipinski definition) is 24. The standard InChI is InChI=1S/C16H13Br2NO5S.2C16H14BrNO5S.C16H14INO5S/c17-9-3-7(4-10(20)14(9)22)1-2-12(25)19-6-8-5-11(21)15(23)16(24)13(8)18;17-14-9(1-3-10(19)16(14)23)2-4-13(24)18-7-8-5-11(20)15(22)12(21)6-8;17-10-6-12(20)11(19)5-9(10)1-2-15(24)18-7-8-3-13(21)16(23)14(22)4-8;17-14-9(1-3-10(19)16(14)23)2-4-13(24)18-7-8-5-11(20)15(22)12(21)6-8/h1-5,20-24H,6H2,(H,19,25);3*1-6,19-23H,7H2,(H,18,24)/b2-1+;4-2+;2-1+;4-2+. The Bertz CT molecular complexity index is 4110. The lowest BCUT2D eigenvalue weighted by molar-refractivity contribution is 0.365. The summed E-state index contributed by atoms with van der Waals surface area (Å²) in [5, 5.41) is 201. The normalized spacial score (nSPS) is 10.9. The first kappa shape index (κ1) is 78.6. The van der Waals surface area contributed by atoms with Crippen LogP contribution in [0.2, 0.25) is 0 Å². The number of hydrogen-bond donors (Lipinski definition) is 24. The quantitative estimate of drug-likeness (QED) is 0.0185. The SMILES string of the molecule is Oc1cc(/C=C/C(=S)NCc2cc(O)c(O)c(O)c2Br)cc(Br)c1O.Oc1cc(Br)c(/C=C/C(=S)NCc2cc(O)c(O)c(O)c2)cc1O.Oc1cc(CNC(=S)/C=C/c2ccc(O)c(O)c2Br)cc(O)c1O.Oc1cc(CNC(=S)/C=C/c2ccc(O)c(O)c2I)cc(O)c1O. The maximum absolute atomic E-state index is 9.68. The first-order valence-electron chi connectivity index (χ1n) is 26.9. The largest absolute Gasteiger partial charge is 0.504 e. The molecule has 8 aromatic rings.